The number of benzene rings is 2. The van der Waals surface area contributed by atoms with Crippen LogP contribution in [0.3, 0.4) is 0 Å². The van der Waals surface area contributed by atoms with Gasteiger partial charge in [-0.1, -0.05) is 41.9 Å². The summed E-state index contributed by atoms with van der Waals surface area (Å²) in [5, 5.41) is 32.4. The number of hydrogen-bond acceptors (Lipinski definition) is 7. The molecule has 212 valence electrons. The van der Waals surface area contributed by atoms with Gasteiger partial charge in [-0.2, -0.15) is 5.10 Å². The zero-order valence-electron chi connectivity index (χ0n) is 21.5. The van der Waals surface area contributed by atoms with Crippen LogP contribution < -0.4 is 15.6 Å². The average Bonchev–Trinajstić information content (AvgIpc) is 3.15. The van der Waals surface area contributed by atoms with Crippen molar-refractivity contribution < 1.29 is 40.0 Å². The third-order valence-corrected chi connectivity index (χ3v) is 6.70. The van der Waals surface area contributed by atoms with E-state index in [1.807, 2.05) is 48.5 Å². The maximum atomic E-state index is 13.3. The highest BCUT2D eigenvalue weighted by Gasteiger charge is 2.24. The van der Waals surface area contributed by atoms with Gasteiger partial charge >= 0.3 is 5.97 Å². The van der Waals surface area contributed by atoms with Gasteiger partial charge < -0.3 is 35.2 Å². The number of rotatable bonds is 8. The van der Waals surface area contributed by atoms with Crippen molar-refractivity contribution in [1.82, 2.24) is 9.78 Å². The SMILES string of the molecule is O.O=C([O-])C(=O)O.O=c1c2ccccc2c(Cc2ccc(Cl)cc2)nn1C1CCC[NH+](CCOCCO)CC1. The molecule has 11 nitrogen and oxygen atoms in total. The van der Waals surface area contributed by atoms with Crippen molar-refractivity contribution >= 4 is 34.3 Å². The Bertz CT molecular complexity index is 1270. The molecule has 2 unspecified atom stereocenters. The monoisotopic (exact) mass is 563 g/mol. The summed E-state index contributed by atoms with van der Waals surface area (Å²) >= 11 is 6.05. The minimum Gasteiger partial charge on any atom is -0.539 e. The van der Waals surface area contributed by atoms with Crippen LogP contribution in [0.5, 0.6) is 0 Å². The molecule has 1 saturated heterocycles. The summed E-state index contributed by atoms with van der Waals surface area (Å²) in [6, 6.07) is 15.7. The van der Waals surface area contributed by atoms with Crippen LogP contribution in [0.1, 0.15) is 36.6 Å². The molecular formula is C27H34ClN3O8. The van der Waals surface area contributed by atoms with Gasteiger partial charge in [0.15, 0.2) is 5.97 Å². The number of carboxylic acids is 2. The minimum absolute atomic E-state index is 0. The highest BCUT2D eigenvalue weighted by atomic mass is 35.5. The molecule has 0 amide bonds. The first-order valence-corrected chi connectivity index (χ1v) is 12.9. The first kappa shape index (κ1) is 31.9. The Morgan fingerprint density at radius 2 is 1.74 bits per heavy atom. The molecule has 1 aliphatic heterocycles. The number of quaternary nitrogens is 1. The van der Waals surface area contributed by atoms with Gasteiger partial charge in [0.05, 0.1) is 50.0 Å². The Morgan fingerprint density at radius 3 is 2.38 bits per heavy atom. The van der Waals surface area contributed by atoms with Crippen LogP contribution in [0.15, 0.2) is 53.3 Å². The van der Waals surface area contributed by atoms with Crippen LogP contribution in [-0.4, -0.2) is 76.9 Å². The zero-order valence-corrected chi connectivity index (χ0v) is 22.2. The number of likely N-dealkylation sites (tertiary alicyclic amines) is 1. The molecule has 4 rings (SSSR count). The molecule has 2 aromatic carbocycles. The van der Waals surface area contributed by atoms with Crippen LogP contribution in [-0.2, 0) is 20.7 Å². The number of carbonyl (C=O) groups excluding carboxylic acids is 1. The number of ether oxygens (including phenoxy) is 1. The fourth-order valence-corrected chi connectivity index (χ4v) is 4.68. The lowest BCUT2D eigenvalue weighted by Gasteiger charge is -2.19. The highest BCUT2D eigenvalue weighted by Crippen LogP contribution is 2.22. The number of carboxylic acid groups (broad SMARTS) is 2. The van der Waals surface area contributed by atoms with E-state index in [2.05, 4.69) is 0 Å². The summed E-state index contributed by atoms with van der Waals surface area (Å²) in [7, 11) is 0. The van der Waals surface area contributed by atoms with E-state index < -0.39 is 11.9 Å². The van der Waals surface area contributed by atoms with E-state index in [4.69, 9.17) is 46.3 Å². The normalized spacial score (nSPS) is 16.9. The fourth-order valence-electron chi connectivity index (χ4n) is 4.55. The smallest absolute Gasteiger partial charge is 0.351 e. The number of fused-ring (bicyclic) bond motifs is 1. The maximum absolute atomic E-state index is 13.3. The summed E-state index contributed by atoms with van der Waals surface area (Å²) in [4.78, 5) is 32.9. The van der Waals surface area contributed by atoms with Crippen molar-refractivity contribution in [2.75, 3.05) is 39.5 Å². The fraction of sp³-hybridized carbons (Fsp3) is 0.407. The summed E-state index contributed by atoms with van der Waals surface area (Å²) in [6.45, 7) is 4.09. The van der Waals surface area contributed by atoms with Gasteiger partial charge in [0.25, 0.3) is 5.56 Å². The number of aromatic nitrogens is 2. The molecule has 2 heterocycles. The molecule has 2 atom stereocenters. The lowest BCUT2D eigenvalue weighted by Crippen LogP contribution is -3.12. The molecule has 5 N–H and O–H groups in total. The second kappa shape index (κ2) is 15.9. The number of aliphatic carboxylic acids is 2. The summed E-state index contributed by atoms with van der Waals surface area (Å²) in [5.41, 5.74) is 2.05. The molecule has 12 heteroatoms. The quantitative estimate of drug-likeness (QED) is 0.237. The lowest BCUT2D eigenvalue weighted by molar-refractivity contribution is -0.899. The summed E-state index contributed by atoms with van der Waals surface area (Å²) in [6.07, 6.45) is 3.57. The molecule has 0 saturated carbocycles. The van der Waals surface area contributed by atoms with Crippen LogP contribution in [0, 0.1) is 0 Å². The van der Waals surface area contributed by atoms with Crippen LogP contribution in [0.25, 0.3) is 10.8 Å². The van der Waals surface area contributed by atoms with Gasteiger partial charge in [-0.25, -0.2) is 9.48 Å². The van der Waals surface area contributed by atoms with Crippen LogP contribution in [0.4, 0.5) is 0 Å². The first-order valence-electron chi connectivity index (χ1n) is 12.5. The number of aliphatic hydroxyl groups is 1. The van der Waals surface area contributed by atoms with Gasteiger partial charge in [0, 0.05) is 23.3 Å². The number of carbonyl (C=O) groups is 2. The van der Waals surface area contributed by atoms with Crippen LogP contribution in [0.2, 0.25) is 5.02 Å². The highest BCUT2D eigenvalue weighted by molar-refractivity contribution is 6.30. The third kappa shape index (κ3) is 9.41. The molecular weight excluding hydrogens is 530 g/mol. The number of hydrogen-bond donors (Lipinski definition) is 3. The molecule has 1 fully saturated rings. The zero-order chi connectivity index (χ0) is 27.5. The lowest BCUT2D eigenvalue weighted by atomic mass is 10.0. The van der Waals surface area contributed by atoms with E-state index in [0.29, 0.717) is 24.7 Å². The molecule has 0 aliphatic carbocycles. The van der Waals surface area contributed by atoms with E-state index >= 15 is 0 Å². The predicted octanol–water partition coefficient (Wildman–Crippen LogP) is -0.744. The summed E-state index contributed by atoms with van der Waals surface area (Å²) in [5.74, 6) is -4.01. The standard InChI is InChI=1S/C25H30ClN3O3.C2H2O4.H2O/c26-20-9-7-19(8-10-20)18-24-22-5-1-2-6-23(22)25(31)29(27-24)21-4-3-12-28(13-11-21)14-16-32-17-15-30;3-1(4)2(5)6;/h1-2,5-10,21,30H,3-4,11-18H2;(H,3,4)(H,5,6);1H2. The van der Waals surface area contributed by atoms with E-state index in [0.717, 1.165) is 60.9 Å². The number of nitrogens with one attached hydrogen (secondary N) is 1. The molecule has 39 heavy (non-hydrogen) atoms. The first-order chi connectivity index (χ1) is 18.3. The summed E-state index contributed by atoms with van der Waals surface area (Å²) < 4.78 is 7.19. The number of aliphatic hydroxyl groups excluding tert-OH is 1. The Balaban J connectivity index is 0.000000687. The Kier molecular flexibility index (Phi) is 13.0. The van der Waals surface area contributed by atoms with E-state index in [1.165, 1.54) is 4.90 Å². The molecule has 3 aromatic rings. The molecule has 1 aromatic heterocycles. The third-order valence-electron chi connectivity index (χ3n) is 6.44. The van der Waals surface area contributed by atoms with Crippen LogP contribution >= 0.6 is 11.6 Å². The Morgan fingerprint density at radius 1 is 1.08 bits per heavy atom. The molecule has 1 aliphatic rings. The maximum Gasteiger partial charge on any atom is 0.351 e. The second-order valence-corrected chi connectivity index (χ2v) is 9.49. The van der Waals surface area contributed by atoms with Crippen molar-refractivity contribution in [3.63, 3.8) is 0 Å². The van der Waals surface area contributed by atoms with Gasteiger partial charge in [-0.15, -0.1) is 0 Å². The van der Waals surface area contributed by atoms with E-state index in [9.17, 15) is 4.79 Å². The van der Waals surface area contributed by atoms with Crippen molar-refractivity contribution in [2.24, 2.45) is 0 Å². The average molecular weight is 564 g/mol. The van der Waals surface area contributed by atoms with Crippen molar-refractivity contribution in [1.29, 1.82) is 0 Å². The van der Waals surface area contributed by atoms with Gasteiger partial charge in [0.2, 0.25) is 0 Å². The van der Waals surface area contributed by atoms with Crippen molar-refractivity contribution in [3.05, 3.63) is 75.2 Å². The van der Waals surface area contributed by atoms with Gasteiger partial charge in [-0.05, 0) is 36.6 Å². The largest absolute Gasteiger partial charge is 0.539 e. The number of nitrogens with zero attached hydrogens (tertiary/aromatic N) is 2. The molecule has 0 spiro atoms. The van der Waals surface area contributed by atoms with E-state index in [1.54, 1.807) is 4.68 Å². The van der Waals surface area contributed by atoms with Crippen molar-refractivity contribution in [2.45, 2.75) is 31.7 Å². The van der Waals surface area contributed by atoms with Gasteiger partial charge in [0.1, 0.15) is 6.54 Å². The second-order valence-electron chi connectivity index (χ2n) is 9.06. The molecule has 0 radical (unpaired) electrons. The topological polar surface area (TPSA) is 178 Å². The number of halogens is 1. The minimum atomic E-state index is -2.07. The Hall–Kier alpha value is -3.35. The van der Waals surface area contributed by atoms with E-state index in [-0.39, 0.29) is 23.7 Å². The molecule has 0 bridgehead atoms. The predicted molar refractivity (Wildman–Crippen MR) is 143 cm³/mol. The Labute approximate surface area is 230 Å². The van der Waals surface area contributed by atoms with Crippen molar-refractivity contribution in [3.8, 4) is 0 Å². The van der Waals surface area contributed by atoms with Gasteiger partial charge in [-0.3, -0.25) is 4.79 Å².